The zero-order chi connectivity index (χ0) is 10.7. The Morgan fingerprint density at radius 1 is 1.60 bits per heavy atom. The van der Waals surface area contributed by atoms with Crippen LogP contribution >= 0.6 is 0 Å². The highest BCUT2D eigenvalue weighted by Gasteiger charge is 2.08. The van der Waals surface area contributed by atoms with Gasteiger partial charge in [-0.25, -0.2) is 9.78 Å². The fourth-order valence-electron chi connectivity index (χ4n) is 1.51. The van der Waals surface area contributed by atoms with Crippen molar-refractivity contribution in [3.63, 3.8) is 0 Å². The molecule has 0 amide bonds. The molecule has 0 atom stereocenters. The molecule has 2 heterocycles. The molecule has 80 valence electrons. The van der Waals surface area contributed by atoms with Crippen LogP contribution in [0.25, 0.3) is 11.2 Å². The lowest BCUT2D eigenvalue weighted by molar-refractivity contribution is 0.494. The van der Waals surface area contributed by atoms with Gasteiger partial charge in [0.25, 0.3) is 0 Å². The highest BCUT2D eigenvalue weighted by Crippen LogP contribution is 2.08. The predicted molar refractivity (Wildman–Crippen MR) is 56.8 cm³/mol. The van der Waals surface area contributed by atoms with E-state index < -0.39 is 0 Å². The van der Waals surface area contributed by atoms with Gasteiger partial charge in [0, 0.05) is 12.7 Å². The van der Waals surface area contributed by atoms with Gasteiger partial charge in [-0.15, -0.1) is 0 Å². The van der Waals surface area contributed by atoms with Crippen LogP contribution in [0.15, 0.2) is 27.5 Å². The molecular formula is C10H13N3O2. The fourth-order valence-corrected chi connectivity index (χ4v) is 1.51. The topological polar surface area (TPSA) is 60.1 Å². The van der Waals surface area contributed by atoms with Crippen molar-refractivity contribution in [3.05, 3.63) is 28.9 Å². The van der Waals surface area contributed by atoms with Crippen molar-refractivity contribution in [1.29, 1.82) is 0 Å². The number of oxazole rings is 1. The van der Waals surface area contributed by atoms with E-state index in [-0.39, 0.29) is 5.76 Å². The Morgan fingerprint density at radius 3 is 3.27 bits per heavy atom. The normalized spacial score (nSPS) is 11.0. The van der Waals surface area contributed by atoms with Crippen LogP contribution in [0.3, 0.4) is 0 Å². The molecule has 0 saturated carbocycles. The minimum Gasteiger partial charge on any atom is -0.406 e. The summed E-state index contributed by atoms with van der Waals surface area (Å²) in [4.78, 5) is 15.6. The molecule has 0 unspecified atom stereocenters. The highest BCUT2D eigenvalue weighted by molar-refractivity contribution is 5.67. The first kappa shape index (κ1) is 9.92. The molecule has 0 fully saturated rings. The van der Waals surface area contributed by atoms with Gasteiger partial charge in [0.15, 0.2) is 11.2 Å². The van der Waals surface area contributed by atoms with E-state index in [9.17, 15) is 4.79 Å². The number of nitrogens with zero attached hydrogens (tertiary/aromatic N) is 2. The Bertz CT molecular complexity index is 501. The third-order valence-corrected chi connectivity index (χ3v) is 2.23. The molecule has 0 spiro atoms. The Morgan fingerprint density at radius 2 is 2.47 bits per heavy atom. The summed E-state index contributed by atoms with van der Waals surface area (Å²) in [6, 6.07) is 3.50. The van der Waals surface area contributed by atoms with Crippen molar-refractivity contribution < 1.29 is 4.42 Å². The first-order chi connectivity index (χ1) is 7.33. The van der Waals surface area contributed by atoms with Crippen LogP contribution in [0.4, 0.5) is 0 Å². The number of aryl methyl sites for hydroxylation is 1. The highest BCUT2D eigenvalue weighted by atomic mass is 16.4. The van der Waals surface area contributed by atoms with Crippen LogP contribution in [-0.4, -0.2) is 23.1 Å². The summed E-state index contributed by atoms with van der Waals surface area (Å²) in [5.74, 6) is -0.334. The third-order valence-electron chi connectivity index (χ3n) is 2.23. The van der Waals surface area contributed by atoms with Gasteiger partial charge in [0.05, 0.1) is 0 Å². The largest absolute Gasteiger partial charge is 0.421 e. The maximum absolute atomic E-state index is 11.5. The van der Waals surface area contributed by atoms with Gasteiger partial charge in [-0.3, -0.25) is 4.57 Å². The predicted octanol–water partition coefficient (Wildman–Crippen LogP) is 0.599. The van der Waals surface area contributed by atoms with E-state index in [1.165, 1.54) is 0 Å². The van der Waals surface area contributed by atoms with Crippen LogP contribution in [-0.2, 0) is 6.54 Å². The lowest BCUT2D eigenvalue weighted by Crippen LogP contribution is -2.18. The van der Waals surface area contributed by atoms with Crippen molar-refractivity contribution in [2.75, 3.05) is 13.6 Å². The molecule has 0 aliphatic carbocycles. The zero-order valence-corrected chi connectivity index (χ0v) is 8.56. The van der Waals surface area contributed by atoms with Gasteiger partial charge in [0.1, 0.15) is 0 Å². The van der Waals surface area contributed by atoms with Gasteiger partial charge >= 0.3 is 5.76 Å². The standard InChI is InChI=1S/C10H13N3O2/c1-11-5-3-7-13-9-8(15-10(13)14)4-2-6-12-9/h2,4,6,11H,3,5,7H2,1H3. The summed E-state index contributed by atoms with van der Waals surface area (Å²) < 4.78 is 6.62. The van der Waals surface area contributed by atoms with Crippen LogP contribution < -0.4 is 11.1 Å². The molecule has 15 heavy (non-hydrogen) atoms. The fraction of sp³-hybridized carbons (Fsp3) is 0.400. The molecule has 0 aliphatic heterocycles. The average molecular weight is 207 g/mol. The molecule has 0 bridgehead atoms. The molecule has 2 rings (SSSR count). The Balaban J connectivity index is 2.33. The smallest absolute Gasteiger partial charge is 0.406 e. The minimum atomic E-state index is -0.334. The van der Waals surface area contributed by atoms with Crippen molar-refractivity contribution in [1.82, 2.24) is 14.9 Å². The van der Waals surface area contributed by atoms with Crippen LogP contribution in [0.5, 0.6) is 0 Å². The monoisotopic (exact) mass is 207 g/mol. The molecule has 2 aromatic heterocycles. The van der Waals surface area contributed by atoms with E-state index >= 15 is 0 Å². The van der Waals surface area contributed by atoms with E-state index in [1.54, 1.807) is 22.9 Å². The van der Waals surface area contributed by atoms with Crippen LogP contribution in [0, 0.1) is 0 Å². The van der Waals surface area contributed by atoms with E-state index in [1.807, 2.05) is 7.05 Å². The maximum atomic E-state index is 11.5. The van der Waals surface area contributed by atoms with Gasteiger partial charge in [-0.1, -0.05) is 0 Å². The molecule has 0 radical (unpaired) electrons. The second-order valence-corrected chi connectivity index (χ2v) is 3.30. The Hall–Kier alpha value is -1.62. The van der Waals surface area contributed by atoms with Crippen LogP contribution in [0.1, 0.15) is 6.42 Å². The van der Waals surface area contributed by atoms with E-state index in [0.717, 1.165) is 13.0 Å². The summed E-state index contributed by atoms with van der Waals surface area (Å²) in [7, 11) is 1.88. The van der Waals surface area contributed by atoms with Gasteiger partial charge < -0.3 is 9.73 Å². The SMILES string of the molecule is CNCCCn1c(=O)oc2cccnc21. The van der Waals surface area contributed by atoms with Gasteiger partial charge in [-0.2, -0.15) is 0 Å². The number of aromatic nitrogens is 2. The summed E-state index contributed by atoms with van der Waals surface area (Å²) >= 11 is 0. The van der Waals surface area contributed by atoms with E-state index in [4.69, 9.17) is 4.42 Å². The maximum Gasteiger partial charge on any atom is 0.421 e. The number of pyridine rings is 1. The van der Waals surface area contributed by atoms with Gasteiger partial charge in [0.2, 0.25) is 0 Å². The van der Waals surface area contributed by atoms with Crippen molar-refractivity contribution in [2.24, 2.45) is 0 Å². The van der Waals surface area contributed by atoms with Crippen molar-refractivity contribution in [2.45, 2.75) is 13.0 Å². The Labute approximate surface area is 86.7 Å². The number of rotatable bonds is 4. The quantitative estimate of drug-likeness (QED) is 0.746. The average Bonchev–Trinajstić information content (AvgIpc) is 2.56. The van der Waals surface area contributed by atoms with Crippen molar-refractivity contribution >= 4 is 11.2 Å². The molecule has 0 aliphatic rings. The van der Waals surface area contributed by atoms with Gasteiger partial charge in [-0.05, 0) is 32.1 Å². The first-order valence-electron chi connectivity index (χ1n) is 4.92. The lowest BCUT2D eigenvalue weighted by atomic mass is 10.4. The second-order valence-electron chi connectivity index (χ2n) is 3.30. The molecule has 0 saturated heterocycles. The number of hydrogen-bond acceptors (Lipinski definition) is 4. The van der Waals surface area contributed by atoms with Crippen LogP contribution in [0.2, 0.25) is 0 Å². The summed E-state index contributed by atoms with van der Waals surface area (Å²) in [6.45, 7) is 1.50. The second kappa shape index (κ2) is 4.27. The molecule has 0 aromatic carbocycles. The van der Waals surface area contributed by atoms with E-state index in [0.29, 0.717) is 17.8 Å². The lowest BCUT2D eigenvalue weighted by Gasteiger charge is -2.00. The number of hydrogen-bond donors (Lipinski definition) is 1. The zero-order valence-electron chi connectivity index (χ0n) is 8.56. The number of nitrogens with one attached hydrogen (secondary N) is 1. The molecule has 5 heteroatoms. The molecular weight excluding hydrogens is 194 g/mol. The first-order valence-corrected chi connectivity index (χ1v) is 4.92. The Kier molecular flexibility index (Phi) is 2.82. The summed E-state index contributed by atoms with van der Waals surface area (Å²) in [5, 5.41) is 3.03. The minimum absolute atomic E-state index is 0.334. The molecule has 2 aromatic rings. The number of fused-ring (bicyclic) bond motifs is 1. The van der Waals surface area contributed by atoms with Crippen molar-refractivity contribution in [3.8, 4) is 0 Å². The third kappa shape index (κ3) is 1.92. The molecule has 1 N–H and O–H groups in total. The summed E-state index contributed by atoms with van der Waals surface area (Å²) in [6.07, 6.45) is 2.54. The van der Waals surface area contributed by atoms with E-state index in [2.05, 4.69) is 10.3 Å². The molecule has 5 nitrogen and oxygen atoms in total. The summed E-state index contributed by atoms with van der Waals surface area (Å²) in [5.41, 5.74) is 1.17.